The first-order valence-corrected chi connectivity index (χ1v) is 9.51. The Morgan fingerprint density at radius 2 is 2.04 bits per heavy atom. The maximum Gasteiger partial charge on any atom is 0.162 e. The third-order valence-electron chi connectivity index (χ3n) is 4.95. The van der Waals surface area contributed by atoms with Crippen molar-refractivity contribution in [3.8, 4) is 11.1 Å². The van der Waals surface area contributed by atoms with E-state index in [1.54, 1.807) is 0 Å². The Hall–Kier alpha value is -2.28. The summed E-state index contributed by atoms with van der Waals surface area (Å²) in [4.78, 5) is 9.41. The Morgan fingerprint density at radius 1 is 1.19 bits per heavy atom. The van der Waals surface area contributed by atoms with Crippen LogP contribution in [0.1, 0.15) is 5.56 Å². The van der Waals surface area contributed by atoms with Crippen LogP contribution < -0.4 is 0 Å². The summed E-state index contributed by atoms with van der Waals surface area (Å²) < 4.78 is 7.69. The highest BCUT2D eigenvalue weighted by molar-refractivity contribution is 5.76. The van der Waals surface area contributed by atoms with Crippen molar-refractivity contribution < 1.29 is 4.74 Å². The van der Waals surface area contributed by atoms with E-state index in [1.165, 1.54) is 5.56 Å². The SMILES string of the molecule is CN(C)CC1COCCN(Cc2cnc3c(-c4ccccc4)cnn3c2)C1. The number of fused-ring (bicyclic) bond motifs is 1. The molecule has 0 aliphatic carbocycles. The summed E-state index contributed by atoms with van der Waals surface area (Å²) in [6.45, 7) is 5.55. The molecule has 6 heteroatoms. The van der Waals surface area contributed by atoms with Crippen LogP contribution in [0.5, 0.6) is 0 Å². The fourth-order valence-corrected chi connectivity index (χ4v) is 3.80. The average Bonchev–Trinajstić information content (AvgIpc) is 2.96. The monoisotopic (exact) mass is 365 g/mol. The predicted octanol–water partition coefficient (Wildman–Crippen LogP) is 2.41. The summed E-state index contributed by atoms with van der Waals surface area (Å²) in [6.07, 6.45) is 5.98. The van der Waals surface area contributed by atoms with Crippen LogP contribution in [0.3, 0.4) is 0 Å². The molecular formula is C21H27N5O. The molecule has 1 aromatic carbocycles. The Kier molecular flexibility index (Phi) is 5.48. The molecule has 0 spiro atoms. The molecule has 3 heterocycles. The number of hydrogen-bond donors (Lipinski definition) is 0. The maximum absolute atomic E-state index is 5.80. The van der Waals surface area contributed by atoms with E-state index in [9.17, 15) is 0 Å². The van der Waals surface area contributed by atoms with Gasteiger partial charge in [-0.3, -0.25) is 4.90 Å². The second kappa shape index (κ2) is 8.17. The van der Waals surface area contributed by atoms with Crippen molar-refractivity contribution >= 4 is 5.65 Å². The normalized spacial score (nSPS) is 18.9. The van der Waals surface area contributed by atoms with Gasteiger partial charge in [-0.2, -0.15) is 5.10 Å². The zero-order valence-electron chi connectivity index (χ0n) is 16.1. The van der Waals surface area contributed by atoms with Gasteiger partial charge < -0.3 is 9.64 Å². The van der Waals surface area contributed by atoms with E-state index in [2.05, 4.69) is 47.3 Å². The largest absolute Gasteiger partial charge is 0.380 e. The lowest BCUT2D eigenvalue weighted by Gasteiger charge is -2.25. The lowest BCUT2D eigenvalue weighted by atomic mass is 10.1. The Bertz CT molecular complexity index is 877. The number of rotatable bonds is 5. The molecule has 0 amide bonds. The van der Waals surface area contributed by atoms with E-state index in [1.807, 2.05) is 35.1 Å². The Balaban J connectivity index is 1.51. The highest BCUT2D eigenvalue weighted by Gasteiger charge is 2.20. The number of hydrogen-bond acceptors (Lipinski definition) is 5. The molecule has 1 fully saturated rings. The summed E-state index contributed by atoms with van der Waals surface area (Å²) in [6, 6.07) is 10.3. The smallest absolute Gasteiger partial charge is 0.162 e. The van der Waals surface area contributed by atoms with Crippen LogP contribution in [0.15, 0.2) is 48.9 Å². The van der Waals surface area contributed by atoms with Crippen LogP contribution >= 0.6 is 0 Å². The van der Waals surface area contributed by atoms with Gasteiger partial charge in [0.15, 0.2) is 5.65 Å². The first-order valence-electron chi connectivity index (χ1n) is 9.51. The first-order chi connectivity index (χ1) is 13.2. The zero-order chi connectivity index (χ0) is 18.6. The van der Waals surface area contributed by atoms with Gasteiger partial charge in [-0.15, -0.1) is 0 Å². The lowest BCUT2D eigenvalue weighted by molar-refractivity contribution is 0.112. The number of nitrogens with zero attached hydrogens (tertiary/aromatic N) is 5. The minimum Gasteiger partial charge on any atom is -0.380 e. The molecule has 27 heavy (non-hydrogen) atoms. The van der Waals surface area contributed by atoms with Crippen molar-refractivity contribution in [1.82, 2.24) is 24.4 Å². The van der Waals surface area contributed by atoms with E-state index in [0.717, 1.165) is 56.2 Å². The van der Waals surface area contributed by atoms with Gasteiger partial charge in [0.05, 0.1) is 19.4 Å². The maximum atomic E-state index is 5.80. The topological polar surface area (TPSA) is 45.9 Å². The van der Waals surface area contributed by atoms with Gasteiger partial charge in [0.1, 0.15) is 0 Å². The number of benzene rings is 1. The molecule has 0 saturated carbocycles. The molecule has 0 bridgehead atoms. The summed E-state index contributed by atoms with van der Waals surface area (Å²) in [5.41, 5.74) is 4.28. The molecule has 4 rings (SSSR count). The molecule has 3 aromatic rings. The average molecular weight is 365 g/mol. The van der Waals surface area contributed by atoms with Crippen molar-refractivity contribution in [2.45, 2.75) is 6.54 Å². The molecule has 1 atom stereocenters. The number of ether oxygens (including phenoxy) is 1. The van der Waals surface area contributed by atoms with Crippen molar-refractivity contribution in [2.24, 2.45) is 5.92 Å². The molecule has 1 aliphatic heterocycles. The number of aromatic nitrogens is 3. The van der Waals surface area contributed by atoms with Crippen LogP contribution in [0.4, 0.5) is 0 Å². The Labute approximate surface area is 160 Å². The minimum absolute atomic E-state index is 0.536. The van der Waals surface area contributed by atoms with Gasteiger partial charge in [0.25, 0.3) is 0 Å². The Morgan fingerprint density at radius 3 is 2.85 bits per heavy atom. The third-order valence-corrected chi connectivity index (χ3v) is 4.95. The molecule has 2 aromatic heterocycles. The summed E-state index contributed by atoms with van der Waals surface area (Å²) in [7, 11) is 4.24. The van der Waals surface area contributed by atoms with Crippen molar-refractivity contribution in [3.05, 3.63) is 54.5 Å². The second-order valence-corrected chi connectivity index (χ2v) is 7.59. The van der Waals surface area contributed by atoms with Gasteiger partial charge in [0, 0.05) is 55.6 Å². The van der Waals surface area contributed by atoms with Gasteiger partial charge >= 0.3 is 0 Å². The standard InChI is InChI=1S/C21H27N5O/c1-24(2)12-18-14-25(8-9-27-16-18)13-17-10-22-21-20(11-23-26(21)15-17)19-6-4-3-5-7-19/h3-7,10-11,15,18H,8-9,12-14,16H2,1-2H3. The van der Waals surface area contributed by atoms with E-state index < -0.39 is 0 Å². The van der Waals surface area contributed by atoms with Gasteiger partial charge in [-0.1, -0.05) is 30.3 Å². The summed E-state index contributed by atoms with van der Waals surface area (Å²) in [5, 5.41) is 4.53. The van der Waals surface area contributed by atoms with Crippen LogP contribution in [0.25, 0.3) is 16.8 Å². The van der Waals surface area contributed by atoms with Gasteiger partial charge in [0.2, 0.25) is 0 Å². The zero-order valence-corrected chi connectivity index (χ0v) is 16.1. The second-order valence-electron chi connectivity index (χ2n) is 7.59. The first kappa shape index (κ1) is 18.1. The fraction of sp³-hybridized carbons (Fsp3) is 0.429. The molecule has 142 valence electrons. The van der Waals surface area contributed by atoms with Crippen molar-refractivity contribution in [2.75, 3.05) is 46.9 Å². The van der Waals surface area contributed by atoms with E-state index in [4.69, 9.17) is 9.72 Å². The summed E-state index contributed by atoms with van der Waals surface area (Å²) in [5.74, 6) is 0.536. The molecule has 1 unspecified atom stereocenters. The highest BCUT2D eigenvalue weighted by Crippen LogP contribution is 2.23. The molecule has 6 nitrogen and oxygen atoms in total. The predicted molar refractivity (Wildman–Crippen MR) is 107 cm³/mol. The van der Waals surface area contributed by atoms with Crippen molar-refractivity contribution in [3.63, 3.8) is 0 Å². The quantitative estimate of drug-likeness (QED) is 0.695. The van der Waals surface area contributed by atoms with E-state index in [0.29, 0.717) is 5.92 Å². The molecule has 0 N–H and O–H groups in total. The van der Waals surface area contributed by atoms with E-state index >= 15 is 0 Å². The molecule has 0 radical (unpaired) electrons. The fourth-order valence-electron chi connectivity index (χ4n) is 3.80. The van der Waals surface area contributed by atoms with Crippen LogP contribution in [0, 0.1) is 5.92 Å². The summed E-state index contributed by atoms with van der Waals surface area (Å²) >= 11 is 0. The minimum atomic E-state index is 0.536. The molecule has 1 saturated heterocycles. The van der Waals surface area contributed by atoms with Gasteiger partial charge in [-0.25, -0.2) is 9.50 Å². The third kappa shape index (κ3) is 4.35. The lowest BCUT2D eigenvalue weighted by Crippen LogP contribution is -2.34. The van der Waals surface area contributed by atoms with Crippen LogP contribution in [-0.2, 0) is 11.3 Å². The van der Waals surface area contributed by atoms with Crippen molar-refractivity contribution in [1.29, 1.82) is 0 Å². The molecule has 1 aliphatic rings. The van der Waals surface area contributed by atoms with Gasteiger partial charge in [-0.05, 0) is 19.7 Å². The highest BCUT2D eigenvalue weighted by atomic mass is 16.5. The van der Waals surface area contributed by atoms with E-state index in [-0.39, 0.29) is 0 Å². The molecular weight excluding hydrogens is 338 g/mol. The van der Waals surface area contributed by atoms with Crippen LogP contribution in [-0.4, -0.2) is 71.3 Å². The van der Waals surface area contributed by atoms with Crippen LogP contribution in [0.2, 0.25) is 0 Å².